The Morgan fingerprint density at radius 3 is 0.763 bits per heavy atom. The number of nitrogens with zero attached hydrogens (tertiary/aromatic N) is 4. The number of hydrogen-bond acceptors (Lipinski definition) is 2. The molecule has 0 atom stereocenters. The van der Waals surface area contributed by atoms with Gasteiger partial charge in [0.25, 0.3) is 6.71 Å². The smallest absolute Gasteiger partial charge is 0.252 e. The van der Waals surface area contributed by atoms with E-state index in [-0.39, 0.29) is 21.7 Å². The van der Waals surface area contributed by atoms with Crippen LogP contribution in [-0.2, 0) is 40.8 Å². The van der Waals surface area contributed by atoms with Crippen molar-refractivity contribution < 1.29 is 8.22 Å². The molecule has 5 heteroatoms. The zero-order chi connectivity index (χ0) is 85.6. The molecule has 4 nitrogen and oxygen atoms in total. The fourth-order valence-electron chi connectivity index (χ4n) is 17.8. The van der Waals surface area contributed by atoms with E-state index in [1.54, 1.807) is 0 Å². The minimum atomic E-state index is -2.02. The quantitative estimate of drug-likeness (QED) is 0.120. The van der Waals surface area contributed by atoms with Crippen molar-refractivity contribution in [2.75, 3.05) is 9.80 Å². The molecule has 17 rings (SSSR count). The highest BCUT2D eigenvalue weighted by Crippen LogP contribution is 2.56. The molecule has 2 aliphatic rings. The Morgan fingerprint density at radius 1 is 0.263 bits per heavy atom. The Bertz CT molecular complexity index is 5950. The predicted octanol–water partition coefficient (Wildman–Crippen LogP) is 28.6. The number of benzene rings is 13. The lowest BCUT2D eigenvalue weighted by molar-refractivity contribution is 0.411. The van der Waals surface area contributed by atoms with Gasteiger partial charge in [0, 0.05) is 86.1 Å². The maximum Gasteiger partial charge on any atom is 0.252 e. The first kappa shape index (κ1) is 68.7. The van der Waals surface area contributed by atoms with Gasteiger partial charge in [0.15, 0.2) is 0 Å². The van der Waals surface area contributed by atoms with Gasteiger partial charge in [-0.25, -0.2) is 0 Å². The van der Waals surface area contributed by atoms with Crippen molar-refractivity contribution in [1.29, 1.82) is 0 Å². The Balaban J connectivity index is 1.10. The lowest BCUT2D eigenvalue weighted by atomic mass is 9.33. The molecule has 2 aliphatic heterocycles. The van der Waals surface area contributed by atoms with Gasteiger partial charge in [-0.2, -0.15) is 0 Å². The monoisotopic (exact) mass is 1490 g/mol. The van der Waals surface area contributed by atoms with E-state index in [0.717, 1.165) is 128 Å². The normalized spacial score (nSPS) is 14.7. The van der Waals surface area contributed by atoms with Gasteiger partial charge in [-0.15, -0.1) is 0 Å². The molecule has 0 spiro atoms. The Labute approximate surface area is 688 Å². The zero-order valence-electron chi connectivity index (χ0n) is 76.8. The summed E-state index contributed by atoms with van der Waals surface area (Å²) in [7, 11) is 0. The molecule has 2 aromatic heterocycles. The average molecular weight is 1500 g/mol. The van der Waals surface area contributed by atoms with Crippen molar-refractivity contribution in [2.24, 2.45) is 16.2 Å². The first-order chi connectivity index (χ1) is 56.2. The van der Waals surface area contributed by atoms with Crippen molar-refractivity contribution in [3.05, 3.63) is 306 Å². The molecule has 114 heavy (non-hydrogen) atoms. The third kappa shape index (κ3) is 13.9. The molecule has 0 radical (unpaired) electrons. The van der Waals surface area contributed by atoms with Gasteiger partial charge in [0.2, 0.25) is 0 Å². The molecule has 4 heterocycles. The molecule has 15 aromatic rings. The summed E-state index contributed by atoms with van der Waals surface area (Å²) in [6, 6.07) is 97.1. The third-order valence-corrected chi connectivity index (χ3v) is 23.1. The second-order valence-corrected chi connectivity index (χ2v) is 39.5. The number of anilines is 6. The van der Waals surface area contributed by atoms with Crippen LogP contribution in [-0.4, -0.2) is 15.8 Å². The van der Waals surface area contributed by atoms with Crippen molar-refractivity contribution in [3.8, 4) is 55.9 Å². The van der Waals surface area contributed by atoms with Gasteiger partial charge in [0.05, 0.1) is 33.4 Å². The van der Waals surface area contributed by atoms with Gasteiger partial charge in [-0.1, -0.05) is 303 Å². The highest BCUT2D eigenvalue weighted by atomic mass is 15.2. The summed E-state index contributed by atoms with van der Waals surface area (Å²) in [6.07, 6.45) is -5.72. The van der Waals surface area contributed by atoms with E-state index in [4.69, 9.17) is 0 Å². The average Bonchev–Trinajstić information content (AvgIpc) is 0.709. The van der Waals surface area contributed by atoms with Gasteiger partial charge in [-0.05, 0) is 244 Å². The maximum absolute atomic E-state index is 11.0. The maximum atomic E-state index is 11.0. The SMILES string of the molecule is [2H]C([2H])(c1cc(-c2ccccc2)c(N2c3cc(-n4c5ccc(C(C)(C)C)cc5c5cc(C(C)(C)C)ccc54)ccc3B3c4ccc(-n5c6ccc(C(C)(C)C)cc6c6cc(C(C)(C)C)ccc65)cc4N(c4c(-c5ccccc5)cc(C([2H])([2H])C(C)(C)C)cc4-c4ccccc4)c4cc(C([2H])([2H])C(C)(C)C)cc2c43)c(-c2ccccc2)c1)C(C)(C)C. The van der Waals surface area contributed by atoms with Crippen LogP contribution in [0.3, 0.4) is 0 Å². The minimum Gasteiger partial charge on any atom is -0.310 e. The molecule has 0 fully saturated rings. The van der Waals surface area contributed by atoms with Crippen molar-refractivity contribution in [2.45, 2.75) is 186 Å². The second-order valence-electron chi connectivity index (χ2n) is 39.5. The fourth-order valence-corrected chi connectivity index (χ4v) is 17.8. The largest absolute Gasteiger partial charge is 0.310 e. The molecule has 13 aromatic carbocycles. The summed E-state index contributed by atoms with van der Waals surface area (Å²) in [6.45, 7) is 44.9. The van der Waals surface area contributed by atoms with E-state index in [2.05, 4.69) is 345 Å². The van der Waals surface area contributed by atoms with E-state index in [9.17, 15) is 8.22 Å². The van der Waals surface area contributed by atoms with Gasteiger partial charge < -0.3 is 18.9 Å². The summed E-state index contributed by atoms with van der Waals surface area (Å²) in [4.78, 5) is 4.93. The lowest BCUT2D eigenvalue weighted by Gasteiger charge is -2.46. The lowest BCUT2D eigenvalue weighted by Crippen LogP contribution is -2.61. The molecule has 0 bridgehead atoms. The third-order valence-electron chi connectivity index (χ3n) is 23.1. The number of aromatic nitrogens is 2. The van der Waals surface area contributed by atoms with E-state index in [1.807, 2.05) is 86.6 Å². The van der Waals surface area contributed by atoms with Gasteiger partial charge >= 0.3 is 0 Å². The van der Waals surface area contributed by atoms with E-state index < -0.39 is 42.1 Å². The van der Waals surface area contributed by atoms with Gasteiger partial charge in [0.1, 0.15) is 0 Å². The highest BCUT2D eigenvalue weighted by Gasteiger charge is 2.47. The minimum absolute atomic E-state index is 0.139. The molecule has 0 N–H and O–H groups in total. The van der Waals surface area contributed by atoms with E-state index >= 15 is 0 Å². The highest BCUT2D eigenvalue weighted by molar-refractivity contribution is 7.00. The van der Waals surface area contributed by atoms with Crippen LogP contribution in [0.1, 0.15) is 193 Å². The standard InChI is InChI=1S/C109H113BN4/c1-103(2,3)66-69-54-82(72-34-26-22-27-35-72)101(83(55-69)73-36-28-23-29-37-73)113-96-64-80(111-92-50-42-76(106(10,11)12)60-86(92)87-61-77(107(13,14)15)43-51-93(87)111)46-48-90(96)110-91-49-47-81(112-94-52-44-78(108(16,17)18)62-88(94)89-63-79(109(19,20)21)45-53-95(89)112)65-97(91)114(99-59-71(68-105(7,8)9)58-98(113)100(99)110)102-84(74-38-30-24-31-39-74)56-70(67-104(4,5)6)57-85(102)75-40-32-25-33-41-75/h22-65H,66-68H2,1-21H3/i66D2,67D2,68D2. The van der Waals surface area contributed by atoms with Crippen LogP contribution in [0.4, 0.5) is 34.1 Å². The Morgan fingerprint density at radius 2 is 0.518 bits per heavy atom. The Hall–Kier alpha value is -10.9. The molecule has 0 saturated heterocycles. The second kappa shape index (κ2) is 27.4. The van der Waals surface area contributed by atoms with Gasteiger partial charge in [-0.3, -0.25) is 0 Å². The number of fused-ring (bicyclic) bond motifs is 10. The van der Waals surface area contributed by atoms with Crippen molar-refractivity contribution >= 4 is 101 Å². The molecular weight excluding hydrogens is 1380 g/mol. The van der Waals surface area contributed by atoms with Crippen LogP contribution in [0.5, 0.6) is 0 Å². The molecule has 0 aliphatic carbocycles. The van der Waals surface area contributed by atoms with Crippen LogP contribution in [0.15, 0.2) is 267 Å². The Kier molecular flexibility index (Phi) is 16.5. The van der Waals surface area contributed by atoms with Crippen LogP contribution in [0.2, 0.25) is 0 Å². The first-order valence-electron chi connectivity index (χ1n) is 44.1. The molecular formula is C109H113BN4. The van der Waals surface area contributed by atoms with Crippen molar-refractivity contribution in [3.63, 3.8) is 0 Å². The number of hydrogen-bond donors (Lipinski definition) is 0. The molecule has 0 saturated carbocycles. The van der Waals surface area contributed by atoms with Crippen LogP contribution in [0, 0.1) is 16.2 Å². The predicted molar refractivity (Wildman–Crippen MR) is 495 cm³/mol. The summed E-state index contributed by atoms with van der Waals surface area (Å²) in [5.74, 6) is 0. The first-order valence-corrected chi connectivity index (χ1v) is 41.1. The van der Waals surface area contributed by atoms with E-state index in [0.29, 0.717) is 16.7 Å². The molecule has 0 amide bonds. The van der Waals surface area contributed by atoms with Crippen molar-refractivity contribution in [1.82, 2.24) is 9.13 Å². The van der Waals surface area contributed by atoms with E-state index in [1.165, 1.54) is 43.8 Å². The fraction of sp³-hybridized carbons (Fsp3) is 0.284. The zero-order valence-corrected chi connectivity index (χ0v) is 70.8. The summed E-state index contributed by atoms with van der Waals surface area (Å²) in [5, 5.41) is 4.67. The number of rotatable bonds is 11. The summed E-state index contributed by atoms with van der Waals surface area (Å²) < 4.78 is 68.4. The topological polar surface area (TPSA) is 16.3 Å². The summed E-state index contributed by atoms with van der Waals surface area (Å²) in [5.41, 5.74) is 24.2. The van der Waals surface area contributed by atoms with Crippen LogP contribution >= 0.6 is 0 Å². The molecule has 572 valence electrons. The summed E-state index contributed by atoms with van der Waals surface area (Å²) >= 11 is 0. The van der Waals surface area contributed by atoms with Crippen LogP contribution < -0.4 is 26.2 Å². The van der Waals surface area contributed by atoms with Crippen LogP contribution in [0.25, 0.3) is 99.5 Å². The molecule has 0 unspecified atom stereocenters.